The minimum absolute atomic E-state index is 0.0954. The molecule has 1 aromatic carbocycles. The van der Waals surface area contributed by atoms with E-state index in [0.717, 1.165) is 8.28 Å². The molecule has 0 saturated carbocycles. The third-order valence-corrected chi connectivity index (χ3v) is 7.29. The van der Waals surface area contributed by atoms with E-state index in [0.29, 0.717) is 23.3 Å². The second-order valence-electron chi connectivity index (χ2n) is 9.14. The average Bonchev–Trinajstić information content (AvgIpc) is 3.29. The lowest BCUT2D eigenvalue weighted by Gasteiger charge is -2.32. The summed E-state index contributed by atoms with van der Waals surface area (Å²) in [5, 5.41) is 3.39. The van der Waals surface area contributed by atoms with Gasteiger partial charge in [0.2, 0.25) is 5.95 Å². The standard InChI is InChI=1S/C21H27FN6O3S/c1-20(2,3)18-24-12-21(31-18,13-6-8-14(22)9-7-13)16-11-10-15-17(26-16)28(19(23)25-15)32(29,30)27(4)5/h6-11,18,24H,12H2,1-5H3,(H2,23,25). The third-order valence-electron chi connectivity index (χ3n) is 5.55. The number of hydrogen-bond acceptors (Lipinski definition) is 7. The molecule has 0 aliphatic carbocycles. The van der Waals surface area contributed by atoms with Crippen LogP contribution < -0.4 is 11.1 Å². The number of hydrogen-bond donors (Lipinski definition) is 2. The van der Waals surface area contributed by atoms with Crippen LogP contribution in [0.25, 0.3) is 11.2 Å². The Balaban J connectivity index is 1.94. The molecular weight excluding hydrogens is 435 g/mol. The molecule has 9 nitrogen and oxygen atoms in total. The number of nitrogen functional groups attached to an aromatic ring is 1. The molecule has 3 heterocycles. The fourth-order valence-corrected chi connectivity index (χ4v) is 4.72. The van der Waals surface area contributed by atoms with E-state index in [1.807, 2.05) is 20.8 Å². The molecule has 1 aliphatic heterocycles. The lowest BCUT2D eigenvalue weighted by atomic mass is 9.90. The fourth-order valence-electron chi connectivity index (χ4n) is 3.76. The Morgan fingerprint density at radius 2 is 1.84 bits per heavy atom. The van der Waals surface area contributed by atoms with Crippen LogP contribution in [0, 0.1) is 11.2 Å². The first kappa shape index (κ1) is 22.6. The summed E-state index contributed by atoms with van der Waals surface area (Å²) in [6.07, 6.45) is -0.314. The van der Waals surface area contributed by atoms with Gasteiger partial charge in [-0.2, -0.15) is 16.7 Å². The Labute approximate surface area is 186 Å². The molecule has 0 spiro atoms. The maximum absolute atomic E-state index is 13.7. The first-order valence-corrected chi connectivity index (χ1v) is 11.5. The van der Waals surface area contributed by atoms with Gasteiger partial charge in [-0.1, -0.05) is 32.9 Å². The lowest BCUT2D eigenvalue weighted by molar-refractivity contribution is -0.0665. The van der Waals surface area contributed by atoms with Crippen molar-refractivity contribution in [2.75, 3.05) is 26.4 Å². The summed E-state index contributed by atoms with van der Waals surface area (Å²) >= 11 is 0. The normalized spacial score (nSPS) is 22.2. The molecule has 0 bridgehead atoms. The van der Waals surface area contributed by atoms with Crippen LogP contribution >= 0.6 is 0 Å². The summed E-state index contributed by atoms with van der Waals surface area (Å²) < 4.78 is 47.9. The van der Waals surface area contributed by atoms with Crippen molar-refractivity contribution in [3.8, 4) is 0 Å². The number of fused-ring (bicyclic) bond motifs is 1. The molecule has 172 valence electrons. The molecule has 1 fully saturated rings. The molecular formula is C21H27FN6O3S. The van der Waals surface area contributed by atoms with Gasteiger partial charge in [-0.15, -0.1) is 0 Å². The highest BCUT2D eigenvalue weighted by molar-refractivity contribution is 7.87. The van der Waals surface area contributed by atoms with Crippen LogP contribution in [0.3, 0.4) is 0 Å². The maximum atomic E-state index is 13.7. The van der Waals surface area contributed by atoms with E-state index in [4.69, 9.17) is 10.5 Å². The molecule has 0 radical (unpaired) electrons. The van der Waals surface area contributed by atoms with E-state index < -0.39 is 15.8 Å². The van der Waals surface area contributed by atoms with Crippen LogP contribution in [0.5, 0.6) is 0 Å². The third kappa shape index (κ3) is 3.54. The van der Waals surface area contributed by atoms with Crippen molar-refractivity contribution in [2.24, 2.45) is 5.41 Å². The Morgan fingerprint density at radius 1 is 1.19 bits per heavy atom. The van der Waals surface area contributed by atoms with Gasteiger partial charge in [0.05, 0.1) is 5.69 Å². The molecule has 11 heteroatoms. The zero-order chi connectivity index (χ0) is 23.5. The van der Waals surface area contributed by atoms with E-state index in [-0.39, 0.29) is 29.1 Å². The van der Waals surface area contributed by atoms with Gasteiger partial charge >= 0.3 is 10.2 Å². The van der Waals surface area contributed by atoms with Gasteiger partial charge in [0.25, 0.3) is 0 Å². The number of rotatable bonds is 4. The number of aromatic nitrogens is 3. The predicted octanol–water partition coefficient (Wildman–Crippen LogP) is 2.04. The van der Waals surface area contributed by atoms with Gasteiger partial charge in [0.1, 0.15) is 23.2 Å². The van der Waals surface area contributed by atoms with Crippen molar-refractivity contribution in [3.05, 3.63) is 53.5 Å². The molecule has 2 unspecified atom stereocenters. The smallest absolute Gasteiger partial charge is 0.311 e. The van der Waals surface area contributed by atoms with Crippen LogP contribution in [0.2, 0.25) is 0 Å². The first-order chi connectivity index (χ1) is 14.9. The first-order valence-electron chi connectivity index (χ1n) is 10.1. The summed E-state index contributed by atoms with van der Waals surface area (Å²) in [6.45, 7) is 6.49. The van der Waals surface area contributed by atoms with E-state index in [2.05, 4.69) is 15.3 Å². The number of nitrogens with two attached hydrogens (primary N) is 1. The van der Waals surface area contributed by atoms with Crippen molar-refractivity contribution in [1.82, 2.24) is 23.6 Å². The van der Waals surface area contributed by atoms with Crippen LogP contribution in [-0.2, 0) is 20.5 Å². The SMILES string of the molecule is CN(C)S(=O)(=O)n1c(N)nc2ccc(C3(c4ccc(F)cc4)CNC(C(C)(C)C)O3)nc21. The van der Waals surface area contributed by atoms with E-state index in [1.54, 1.807) is 24.3 Å². The van der Waals surface area contributed by atoms with Crippen molar-refractivity contribution in [2.45, 2.75) is 32.6 Å². The van der Waals surface area contributed by atoms with E-state index in [1.165, 1.54) is 26.2 Å². The number of pyridine rings is 1. The highest BCUT2D eigenvalue weighted by Gasteiger charge is 2.48. The molecule has 32 heavy (non-hydrogen) atoms. The Bertz CT molecular complexity index is 1270. The van der Waals surface area contributed by atoms with E-state index >= 15 is 0 Å². The van der Waals surface area contributed by atoms with Crippen molar-refractivity contribution < 1.29 is 17.5 Å². The monoisotopic (exact) mass is 462 g/mol. The van der Waals surface area contributed by atoms with Crippen LogP contribution in [0.15, 0.2) is 36.4 Å². The molecule has 1 saturated heterocycles. The predicted molar refractivity (Wildman–Crippen MR) is 119 cm³/mol. The van der Waals surface area contributed by atoms with Crippen molar-refractivity contribution in [3.63, 3.8) is 0 Å². The van der Waals surface area contributed by atoms with Crippen LogP contribution in [0.1, 0.15) is 32.0 Å². The van der Waals surface area contributed by atoms with Gasteiger partial charge in [-0.3, -0.25) is 5.32 Å². The molecule has 3 N–H and O–H groups in total. The van der Waals surface area contributed by atoms with Gasteiger partial charge in [-0.05, 0) is 29.8 Å². The molecule has 0 amide bonds. The minimum Gasteiger partial charge on any atom is -0.368 e. The second-order valence-corrected chi connectivity index (χ2v) is 11.1. The maximum Gasteiger partial charge on any atom is 0.311 e. The Kier molecular flexibility index (Phi) is 5.28. The Hall–Kier alpha value is -2.60. The van der Waals surface area contributed by atoms with Gasteiger partial charge in [0, 0.05) is 26.1 Å². The fraction of sp³-hybridized carbons (Fsp3) is 0.429. The molecule has 1 aliphatic rings. The highest BCUT2D eigenvalue weighted by atomic mass is 32.2. The van der Waals surface area contributed by atoms with Crippen LogP contribution in [-0.4, -0.2) is 53.5 Å². The number of imidazole rings is 1. The largest absolute Gasteiger partial charge is 0.368 e. The summed E-state index contributed by atoms with van der Waals surface area (Å²) in [6, 6.07) is 9.42. The number of benzene rings is 1. The zero-order valence-electron chi connectivity index (χ0n) is 18.6. The topological polar surface area (TPSA) is 115 Å². The van der Waals surface area contributed by atoms with Gasteiger partial charge in [-0.25, -0.2) is 14.4 Å². The number of halogens is 1. The molecule has 2 atom stereocenters. The van der Waals surface area contributed by atoms with Crippen LogP contribution in [0.4, 0.5) is 10.3 Å². The van der Waals surface area contributed by atoms with Gasteiger partial charge in [0.15, 0.2) is 5.65 Å². The highest BCUT2D eigenvalue weighted by Crippen LogP contribution is 2.41. The number of nitrogens with zero attached hydrogens (tertiary/aromatic N) is 4. The summed E-state index contributed by atoms with van der Waals surface area (Å²) in [5.41, 5.74) is 6.24. The number of nitrogens with one attached hydrogen (secondary N) is 1. The molecule has 3 aromatic rings. The van der Waals surface area contributed by atoms with E-state index in [9.17, 15) is 12.8 Å². The van der Waals surface area contributed by atoms with Crippen molar-refractivity contribution in [1.29, 1.82) is 0 Å². The second kappa shape index (κ2) is 7.48. The minimum atomic E-state index is -3.96. The van der Waals surface area contributed by atoms with Crippen molar-refractivity contribution >= 4 is 27.3 Å². The average molecular weight is 463 g/mol. The lowest BCUT2D eigenvalue weighted by Crippen LogP contribution is -2.36. The zero-order valence-corrected chi connectivity index (χ0v) is 19.4. The molecule has 2 aromatic heterocycles. The number of ether oxygens (including phenoxy) is 1. The summed E-state index contributed by atoms with van der Waals surface area (Å²) in [5.74, 6) is -0.555. The summed E-state index contributed by atoms with van der Waals surface area (Å²) in [7, 11) is -1.15. The van der Waals surface area contributed by atoms with Gasteiger partial charge < -0.3 is 10.5 Å². The molecule has 4 rings (SSSR count). The summed E-state index contributed by atoms with van der Waals surface area (Å²) in [4.78, 5) is 8.83. The Morgan fingerprint density at radius 3 is 2.41 bits per heavy atom. The quantitative estimate of drug-likeness (QED) is 0.610. The number of anilines is 1.